The van der Waals surface area contributed by atoms with Crippen molar-refractivity contribution >= 4 is 34.8 Å². The van der Waals surface area contributed by atoms with Gasteiger partial charge in [0, 0.05) is 17.5 Å². The number of rotatable bonds is 2. The van der Waals surface area contributed by atoms with E-state index in [1.807, 2.05) is 0 Å². The third-order valence-electron chi connectivity index (χ3n) is 1.98. The Kier molecular flexibility index (Phi) is 2.84. The van der Waals surface area contributed by atoms with Gasteiger partial charge in [0.15, 0.2) is 0 Å². The van der Waals surface area contributed by atoms with Crippen LogP contribution in [0, 0.1) is 0 Å². The fraction of sp³-hybridized carbons (Fsp3) is 0.100. The largest absolute Gasteiger partial charge is 0.357 e. The number of hydrogen-bond donors (Lipinski definition) is 2. The lowest BCUT2D eigenvalue weighted by Crippen LogP contribution is -2.16. The number of anilines is 1. The minimum absolute atomic E-state index is 0.0856. The van der Waals surface area contributed by atoms with Crippen LogP contribution in [0.25, 0.3) is 0 Å². The summed E-state index contributed by atoms with van der Waals surface area (Å²) in [6.45, 7) is 0.513. The molecule has 5 heteroatoms. The molecule has 78 valence electrons. The van der Waals surface area contributed by atoms with Gasteiger partial charge in [0.05, 0.1) is 16.6 Å². The molecule has 15 heavy (non-hydrogen) atoms. The molecule has 2 rings (SSSR count). The van der Waals surface area contributed by atoms with Gasteiger partial charge in [-0.3, -0.25) is 4.79 Å². The number of benzene rings is 1. The number of nitrogens with one attached hydrogen (secondary N) is 2. The second-order valence-electron chi connectivity index (χ2n) is 3.14. The minimum atomic E-state index is -0.0856. The lowest BCUT2D eigenvalue weighted by Gasteiger charge is -2.07. The summed E-state index contributed by atoms with van der Waals surface area (Å²) in [5.74, 6) is -0.0856. The molecule has 0 unspecified atom stereocenters. The maximum Gasteiger partial charge on any atom is 0.246 e. The molecule has 0 atom stereocenters. The molecule has 1 aromatic rings. The van der Waals surface area contributed by atoms with E-state index in [9.17, 15) is 4.79 Å². The molecule has 0 aromatic heterocycles. The van der Waals surface area contributed by atoms with Crippen molar-refractivity contribution in [3.05, 3.63) is 40.0 Å². The van der Waals surface area contributed by atoms with Gasteiger partial charge >= 0.3 is 0 Å². The third-order valence-corrected chi connectivity index (χ3v) is 2.72. The summed E-state index contributed by atoms with van der Waals surface area (Å²) in [5, 5.41) is 6.73. The van der Waals surface area contributed by atoms with E-state index in [0.29, 0.717) is 16.6 Å². The topological polar surface area (TPSA) is 41.1 Å². The normalized spacial score (nSPS) is 14.8. The Morgan fingerprint density at radius 2 is 2.07 bits per heavy atom. The van der Waals surface area contributed by atoms with E-state index in [2.05, 4.69) is 10.6 Å². The zero-order chi connectivity index (χ0) is 10.8. The molecule has 0 spiro atoms. The van der Waals surface area contributed by atoms with Crippen molar-refractivity contribution in [2.75, 3.05) is 11.9 Å². The van der Waals surface area contributed by atoms with Gasteiger partial charge in [-0.25, -0.2) is 0 Å². The maximum atomic E-state index is 10.9. The number of carbonyl (C=O) groups excluding carboxylic acids is 1. The molecule has 2 N–H and O–H groups in total. The van der Waals surface area contributed by atoms with Crippen molar-refractivity contribution in [1.29, 1.82) is 0 Å². The van der Waals surface area contributed by atoms with Crippen molar-refractivity contribution in [2.24, 2.45) is 0 Å². The van der Waals surface area contributed by atoms with E-state index in [-0.39, 0.29) is 5.91 Å². The molecule has 1 aromatic carbocycles. The van der Waals surface area contributed by atoms with E-state index < -0.39 is 0 Å². The summed E-state index contributed by atoms with van der Waals surface area (Å²) in [6, 6.07) is 5.22. The molecule has 3 nitrogen and oxygen atoms in total. The first kappa shape index (κ1) is 10.3. The standard InChI is InChI=1S/C10H8Cl2N2O/c11-8-2-1-6(3-9(8)12)14-7-4-10(15)13-5-7/h1-4,14H,5H2,(H,13,15). The van der Waals surface area contributed by atoms with Crippen LogP contribution in [-0.4, -0.2) is 12.5 Å². The smallest absolute Gasteiger partial charge is 0.246 e. The van der Waals surface area contributed by atoms with Gasteiger partial charge in [-0.2, -0.15) is 0 Å². The molecule has 1 heterocycles. The average molecular weight is 243 g/mol. The van der Waals surface area contributed by atoms with E-state index in [1.54, 1.807) is 18.2 Å². The van der Waals surface area contributed by atoms with E-state index in [1.165, 1.54) is 6.08 Å². The first-order valence-corrected chi connectivity index (χ1v) is 5.11. The molecule has 0 bridgehead atoms. The summed E-state index contributed by atoms with van der Waals surface area (Å²) in [5.41, 5.74) is 1.63. The highest BCUT2D eigenvalue weighted by Gasteiger charge is 2.10. The van der Waals surface area contributed by atoms with Gasteiger partial charge in [0.2, 0.25) is 5.91 Å². The first-order chi connectivity index (χ1) is 7.15. The van der Waals surface area contributed by atoms with E-state index in [0.717, 1.165) is 11.4 Å². The highest BCUT2D eigenvalue weighted by atomic mass is 35.5. The number of carbonyl (C=O) groups is 1. The molecule has 0 fully saturated rings. The van der Waals surface area contributed by atoms with E-state index >= 15 is 0 Å². The van der Waals surface area contributed by atoms with Crippen LogP contribution in [0.3, 0.4) is 0 Å². The van der Waals surface area contributed by atoms with Crippen molar-refractivity contribution in [1.82, 2.24) is 5.32 Å². The highest BCUT2D eigenvalue weighted by Crippen LogP contribution is 2.25. The van der Waals surface area contributed by atoms with Gasteiger partial charge in [-0.1, -0.05) is 23.2 Å². The fourth-order valence-electron chi connectivity index (χ4n) is 1.28. The lowest BCUT2D eigenvalue weighted by molar-refractivity contribution is -0.115. The summed E-state index contributed by atoms with van der Waals surface area (Å²) < 4.78 is 0. The molecular formula is C10H8Cl2N2O. The minimum Gasteiger partial charge on any atom is -0.357 e. The number of amides is 1. The van der Waals surface area contributed by atoms with E-state index in [4.69, 9.17) is 23.2 Å². The van der Waals surface area contributed by atoms with Gasteiger partial charge < -0.3 is 10.6 Å². The predicted octanol–water partition coefficient (Wildman–Crippen LogP) is 2.42. The molecule has 0 saturated heterocycles. The third kappa shape index (κ3) is 2.43. The van der Waals surface area contributed by atoms with Crippen LogP contribution in [0.4, 0.5) is 5.69 Å². The lowest BCUT2D eigenvalue weighted by atomic mass is 10.3. The number of hydrogen-bond acceptors (Lipinski definition) is 2. The second kappa shape index (κ2) is 4.13. The second-order valence-corrected chi connectivity index (χ2v) is 3.96. The Bertz CT molecular complexity index is 443. The first-order valence-electron chi connectivity index (χ1n) is 4.35. The Hall–Kier alpha value is -1.19. The van der Waals surface area contributed by atoms with Crippen molar-refractivity contribution in [3.63, 3.8) is 0 Å². The zero-order valence-corrected chi connectivity index (χ0v) is 9.19. The van der Waals surface area contributed by atoms with Gasteiger partial charge in [-0.15, -0.1) is 0 Å². The van der Waals surface area contributed by atoms with Crippen LogP contribution in [0.1, 0.15) is 0 Å². The van der Waals surface area contributed by atoms with Gasteiger partial charge in [0.1, 0.15) is 0 Å². The van der Waals surface area contributed by atoms with Crippen LogP contribution >= 0.6 is 23.2 Å². The summed E-state index contributed by atoms with van der Waals surface area (Å²) >= 11 is 11.6. The maximum absolute atomic E-state index is 10.9. The Balaban J connectivity index is 2.14. The number of halogens is 2. The predicted molar refractivity (Wildman–Crippen MR) is 61.2 cm³/mol. The SMILES string of the molecule is O=C1C=C(Nc2ccc(Cl)c(Cl)c2)CN1. The Morgan fingerprint density at radius 1 is 1.27 bits per heavy atom. The molecule has 1 amide bonds. The van der Waals surface area contributed by atoms with Crippen LogP contribution in [0.15, 0.2) is 30.0 Å². The highest BCUT2D eigenvalue weighted by molar-refractivity contribution is 6.42. The quantitative estimate of drug-likeness (QED) is 0.837. The fourth-order valence-corrected chi connectivity index (χ4v) is 1.58. The zero-order valence-electron chi connectivity index (χ0n) is 7.68. The molecule has 0 radical (unpaired) electrons. The molecule has 1 aliphatic heterocycles. The Morgan fingerprint density at radius 3 is 2.67 bits per heavy atom. The van der Waals surface area contributed by atoms with Crippen molar-refractivity contribution < 1.29 is 4.79 Å². The van der Waals surface area contributed by atoms with Crippen LogP contribution in [-0.2, 0) is 4.79 Å². The van der Waals surface area contributed by atoms with Crippen LogP contribution < -0.4 is 10.6 Å². The Labute approximate surface area is 97.1 Å². The monoisotopic (exact) mass is 242 g/mol. The van der Waals surface area contributed by atoms with Gasteiger partial charge in [0.25, 0.3) is 0 Å². The summed E-state index contributed by atoms with van der Waals surface area (Å²) in [7, 11) is 0. The summed E-state index contributed by atoms with van der Waals surface area (Å²) in [6.07, 6.45) is 1.52. The molecule has 0 aliphatic carbocycles. The molecular weight excluding hydrogens is 235 g/mol. The molecule has 1 aliphatic rings. The average Bonchev–Trinajstić information content (AvgIpc) is 2.58. The van der Waals surface area contributed by atoms with Crippen LogP contribution in [0.2, 0.25) is 10.0 Å². The van der Waals surface area contributed by atoms with Crippen molar-refractivity contribution in [2.45, 2.75) is 0 Å². The van der Waals surface area contributed by atoms with Gasteiger partial charge in [-0.05, 0) is 18.2 Å². The summed E-state index contributed by atoms with van der Waals surface area (Å²) in [4.78, 5) is 10.9. The van der Waals surface area contributed by atoms with Crippen molar-refractivity contribution in [3.8, 4) is 0 Å². The molecule has 0 saturated carbocycles. The van der Waals surface area contributed by atoms with Crippen LogP contribution in [0.5, 0.6) is 0 Å².